The molecule has 0 unspecified atom stereocenters. The number of nitrogens with zero attached hydrogens (tertiary/aromatic N) is 4. The number of nitrogens with one attached hydrogen (secondary N) is 2. The topological polar surface area (TPSA) is 136 Å². The maximum atomic E-state index is 12.4. The first-order chi connectivity index (χ1) is 15.9. The summed E-state index contributed by atoms with van der Waals surface area (Å²) in [5.41, 5.74) is 2.86. The van der Waals surface area contributed by atoms with Gasteiger partial charge in [0.1, 0.15) is 0 Å². The number of hydrogen-bond acceptors (Lipinski definition) is 8. The fraction of sp³-hybridized carbons (Fsp3) is 0.130. The highest BCUT2D eigenvalue weighted by Crippen LogP contribution is 2.21. The van der Waals surface area contributed by atoms with Crippen LogP contribution in [0.4, 0.5) is 11.4 Å². The number of benzene rings is 2. The second-order valence-corrected chi connectivity index (χ2v) is 7.18. The van der Waals surface area contributed by atoms with Crippen LogP contribution in [0.1, 0.15) is 18.7 Å². The van der Waals surface area contributed by atoms with Crippen molar-refractivity contribution in [2.75, 3.05) is 10.6 Å². The molecule has 4 rings (SSSR count). The third-order valence-corrected chi connectivity index (χ3v) is 4.55. The van der Waals surface area contributed by atoms with Crippen molar-refractivity contribution in [1.82, 2.24) is 20.4 Å². The maximum absolute atomic E-state index is 12.4. The second kappa shape index (κ2) is 9.27. The van der Waals surface area contributed by atoms with Crippen molar-refractivity contribution < 1.29 is 18.4 Å². The van der Waals surface area contributed by atoms with Gasteiger partial charge in [-0.15, -0.1) is 20.4 Å². The number of carbonyl (C=O) groups is 2. The summed E-state index contributed by atoms with van der Waals surface area (Å²) in [5, 5.41) is 21.0. The largest absolute Gasteiger partial charge is 0.421 e. The Kier molecular flexibility index (Phi) is 6.07. The van der Waals surface area contributed by atoms with Gasteiger partial charge in [0.2, 0.25) is 29.5 Å². The van der Waals surface area contributed by atoms with Gasteiger partial charge in [0.25, 0.3) is 5.91 Å². The SMILES string of the molecule is C/C(=C\C(=O)Nc1ccc(-c2nnc(C)o2)cc1)C(=O)Nc1ccc(-c2nnc(C)o2)cc1. The minimum absolute atomic E-state index is 0.252. The second-order valence-electron chi connectivity index (χ2n) is 7.18. The monoisotopic (exact) mass is 444 g/mol. The predicted octanol–water partition coefficient (Wildman–Crippen LogP) is 3.93. The highest BCUT2D eigenvalue weighted by molar-refractivity contribution is 6.10. The molecule has 0 aliphatic rings. The molecule has 2 aromatic carbocycles. The van der Waals surface area contributed by atoms with E-state index in [-0.39, 0.29) is 5.57 Å². The Bertz CT molecular complexity index is 1320. The van der Waals surface area contributed by atoms with E-state index in [4.69, 9.17) is 8.83 Å². The van der Waals surface area contributed by atoms with E-state index in [9.17, 15) is 9.59 Å². The van der Waals surface area contributed by atoms with Crippen molar-refractivity contribution in [3.8, 4) is 22.9 Å². The van der Waals surface area contributed by atoms with Gasteiger partial charge >= 0.3 is 0 Å². The van der Waals surface area contributed by atoms with Crippen LogP contribution in [0.5, 0.6) is 0 Å². The summed E-state index contributed by atoms with van der Waals surface area (Å²) >= 11 is 0. The van der Waals surface area contributed by atoms with Crippen LogP contribution in [0.3, 0.4) is 0 Å². The normalized spacial score (nSPS) is 11.3. The van der Waals surface area contributed by atoms with Crippen LogP contribution in [-0.4, -0.2) is 32.2 Å². The third-order valence-electron chi connectivity index (χ3n) is 4.55. The van der Waals surface area contributed by atoms with E-state index in [2.05, 4.69) is 31.0 Å². The lowest BCUT2D eigenvalue weighted by Gasteiger charge is -2.07. The molecule has 2 heterocycles. The minimum Gasteiger partial charge on any atom is -0.421 e. The summed E-state index contributed by atoms with van der Waals surface area (Å²) in [6.07, 6.45) is 1.24. The molecular formula is C23H20N6O4. The molecule has 2 amide bonds. The molecule has 10 heteroatoms. The van der Waals surface area contributed by atoms with Gasteiger partial charge in [0.15, 0.2) is 0 Å². The fourth-order valence-corrected chi connectivity index (χ4v) is 2.89. The smallest absolute Gasteiger partial charge is 0.251 e. The molecule has 0 aliphatic carbocycles. The molecule has 0 bridgehead atoms. The number of rotatable bonds is 6. The van der Waals surface area contributed by atoms with Crippen LogP contribution in [0.15, 0.2) is 69.0 Å². The number of amides is 2. The Balaban J connectivity index is 1.34. The van der Waals surface area contributed by atoms with Crippen LogP contribution in [0.2, 0.25) is 0 Å². The van der Waals surface area contributed by atoms with Crippen molar-refractivity contribution in [2.45, 2.75) is 20.8 Å². The lowest BCUT2D eigenvalue weighted by Crippen LogP contribution is -2.16. The summed E-state index contributed by atoms with van der Waals surface area (Å²) in [6.45, 7) is 4.98. The standard InChI is InChI=1S/C23H20N6O4/c1-13(21(31)25-19-10-6-17(7-11-19)23-29-27-15(3)33-23)12-20(30)24-18-8-4-16(5-9-18)22-28-26-14(2)32-22/h4-12H,1-3H3,(H,24,30)(H,25,31)/b13-12+. The van der Waals surface area contributed by atoms with Gasteiger partial charge in [0.05, 0.1) is 0 Å². The fourth-order valence-electron chi connectivity index (χ4n) is 2.89. The summed E-state index contributed by atoms with van der Waals surface area (Å²) in [5.74, 6) is 0.926. The first-order valence-corrected chi connectivity index (χ1v) is 9.99. The molecule has 4 aromatic rings. The zero-order chi connectivity index (χ0) is 23.4. The number of aromatic nitrogens is 4. The molecule has 0 spiro atoms. The van der Waals surface area contributed by atoms with E-state index in [1.54, 1.807) is 69.3 Å². The highest BCUT2D eigenvalue weighted by Gasteiger charge is 2.10. The van der Waals surface area contributed by atoms with Crippen molar-refractivity contribution in [3.05, 3.63) is 72.0 Å². The van der Waals surface area contributed by atoms with E-state index in [0.29, 0.717) is 34.9 Å². The quantitative estimate of drug-likeness (QED) is 0.427. The average molecular weight is 444 g/mol. The lowest BCUT2D eigenvalue weighted by atomic mass is 10.2. The van der Waals surface area contributed by atoms with Gasteiger partial charge in [-0.2, -0.15) is 0 Å². The Morgan fingerprint density at radius 1 is 0.727 bits per heavy atom. The summed E-state index contributed by atoms with van der Waals surface area (Å²) in [7, 11) is 0. The molecule has 0 saturated carbocycles. The van der Waals surface area contributed by atoms with E-state index in [0.717, 1.165) is 11.1 Å². The van der Waals surface area contributed by atoms with Crippen LogP contribution in [0.25, 0.3) is 22.9 Å². The predicted molar refractivity (Wildman–Crippen MR) is 120 cm³/mol. The average Bonchev–Trinajstić information content (AvgIpc) is 3.43. The van der Waals surface area contributed by atoms with Crippen molar-refractivity contribution >= 4 is 23.2 Å². The van der Waals surface area contributed by atoms with Crippen LogP contribution >= 0.6 is 0 Å². The highest BCUT2D eigenvalue weighted by atomic mass is 16.4. The molecule has 0 aliphatic heterocycles. The van der Waals surface area contributed by atoms with E-state index in [1.165, 1.54) is 6.08 Å². The molecule has 2 N–H and O–H groups in total. The molecule has 2 aromatic heterocycles. The number of hydrogen-bond donors (Lipinski definition) is 2. The Morgan fingerprint density at radius 2 is 1.18 bits per heavy atom. The molecule has 166 valence electrons. The van der Waals surface area contributed by atoms with Crippen molar-refractivity contribution in [2.24, 2.45) is 0 Å². The van der Waals surface area contributed by atoms with Crippen molar-refractivity contribution in [3.63, 3.8) is 0 Å². The summed E-state index contributed by atoms with van der Waals surface area (Å²) < 4.78 is 10.8. The van der Waals surface area contributed by atoms with Gasteiger partial charge in [-0.25, -0.2) is 0 Å². The summed E-state index contributed by atoms with van der Waals surface area (Å²) in [6, 6.07) is 13.9. The Labute approximate surface area is 188 Å². The van der Waals surface area contributed by atoms with E-state index >= 15 is 0 Å². The molecular weight excluding hydrogens is 424 g/mol. The minimum atomic E-state index is -0.425. The Hall–Kier alpha value is -4.60. The van der Waals surface area contributed by atoms with E-state index in [1.807, 2.05) is 0 Å². The molecule has 0 atom stereocenters. The zero-order valence-electron chi connectivity index (χ0n) is 18.1. The van der Waals surface area contributed by atoms with Gasteiger partial charge in [0, 0.05) is 48.0 Å². The van der Waals surface area contributed by atoms with Gasteiger partial charge in [-0.3, -0.25) is 9.59 Å². The Morgan fingerprint density at radius 3 is 1.61 bits per heavy atom. The number of anilines is 2. The molecule has 10 nitrogen and oxygen atoms in total. The third kappa shape index (κ3) is 5.37. The van der Waals surface area contributed by atoms with Gasteiger partial charge in [-0.05, 0) is 55.5 Å². The van der Waals surface area contributed by atoms with Crippen LogP contribution < -0.4 is 10.6 Å². The first kappa shape index (κ1) is 21.6. The lowest BCUT2D eigenvalue weighted by molar-refractivity contribution is -0.114. The first-order valence-electron chi connectivity index (χ1n) is 9.99. The number of carbonyl (C=O) groups excluding carboxylic acids is 2. The van der Waals surface area contributed by atoms with Gasteiger partial charge < -0.3 is 19.5 Å². The number of aryl methyl sites for hydroxylation is 2. The van der Waals surface area contributed by atoms with Crippen LogP contribution in [-0.2, 0) is 9.59 Å². The molecule has 0 saturated heterocycles. The molecule has 0 radical (unpaired) electrons. The summed E-state index contributed by atoms with van der Waals surface area (Å²) in [4.78, 5) is 24.7. The molecule has 33 heavy (non-hydrogen) atoms. The maximum Gasteiger partial charge on any atom is 0.251 e. The van der Waals surface area contributed by atoms with Gasteiger partial charge in [-0.1, -0.05) is 0 Å². The zero-order valence-corrected chi connectivity index (χ0v) is 18.1. The van der Waals surface area contributed by atoms with Crippen LogP contribution in [0, 0.1) is 13.8 Å². The molecule has 0 fully saturated rings. The van der Waals surface area contributed by atoms with Crippen molar-refractivity contribution in [1.29, 1.82) is 0 Å². The van der Waals surface area contributed by atoms with E-state index < -0.39 is 11.8 Å².